The van der Waals surface area contributed by atoms with Gasteiger partial charge in [-0.25, -0.2) is 0 Å². The second kappa shape index (κ2) is 2.98. The highest BCUT2D eigenvalue weighted by Crippen LogP contribution is 2.23. The molecule has 3 heteroatoms. The Bertz CT molecular complexity index is 164. The minimum atomic E-state index is 0.122. The first-order valence-corrected chi connectivity index (χ1v) is 4.68. The van der Waals surface area contributed by atoms with Gasteiger partial charge in [-0.2, -0.15) is 0 Å². The molecule has 1 N–H and O–H groups in total. The fourth-order valence-electron chi connectivity index (χ4n) is 1.81. The van der Waals surface area contributed by atoms with Crippen LogP contribution in [0.2, 0.25) is 0 Å². The topological polar surface area (TPSA) is 30.5 Å². The van der Waals surface area contributed by atoms with Crippen LogP contribution < -0.4 is 5.32 Å². The summed E-state index contributed by atoms with van der Waals surface area (Å²) in [6.45, 7) is 5.99. The monoisotopic (exact) mass is 171 g/mol. The first kappa shape index (κ1) is 8.48. The van der Waals surface area contributed by atoms with E-state index >= 15 is 0 Å². The van der Waals surface area contributed by atoms with Crippen molar-refractivity contribution in [2.24, 2.45) is 0 Å². The maximum absolute atomic E-state index is 5.62. The van der Waals surface area contributed by atoms with Crippen LogP contribution in [0.25, 0.3) is 0 Å². The molecule has 2 unspecified atom stereocenters. The number of hydrogen-bond acceptors (Lipinski definition) is 3. The lowest BCUT2D eigenvalue weighted by Gasteiger charge is -2.20. The molecule has 12 heavy (non-hydrogen) atoms. The molecule has 0 bridgehead atoms. The summed E-state index contributed by atoms with van der Waals surface area (Å²) in [5.74, 6) is 0. The number of ether oxygens (including phenoxy) is 2. The zero-order valence-corrected chi connectivity index (χ0v) is 7.80. The number of nitrogens with one attached hydrogen (secondary N) is 1. The largest absolute Gasteiger partial charge is 0.374 e. The van der Waals surface area contributed by atoms with E-state index in [-0.39, 0.29) is 17.9 Å². The van der Waals surface area contributed by atoms with Crippen molar-refractivity contribution in [3.05, 3.63) is 0 Å². The van der Waals surface area contributed by atoms with Gasteiger partial charge in [-0.1, -0.05) is 0 Å². The Hall–Kier alpha value is -0.120. The molecule has 0 aromatic carbocycles. The highest BCUT2D eigenvalue weighted by Gasteiger charge is 2.37. The molecule has 0 amide bonds. The van der Waals surface area contributed by atoms with E-state index < -0.39 is 0 Å². The second-order valence-corrected chi connectivity index (χ2v) is 4.31. The van der Waals surface area contributed by atoms with Gasteiger partial charge in [-0.15, -0.1) is 0 Å². The van der Waals surface area contributed by atoms with E-state index in [1.165, 1.54) is 6.42 Å². The van der Waals surface area contributed by atoms with E-state index in [1.54, 1.807) is 0 Å². The number of hydrogen-bond donors (Lipinski definition) is 1. The van der Waals surface area contributed by atoms with Crippen LogP contribution in [0.1, 0.15) is 26.7 Å². The van der Waals surface area contributed by atoms with Crippen molar-refractivity contribution in [2.45, 2.75) is 44.6 Å². The van der Waals surface area contributed by atoms with Crippen LogP contribution in [-0.2, 0) is 9.47 Å². The molecule has 2 aliphatic heterocycles. The van der Waals surface area contributed by atoms with Crippen molar-refractivity contribution in [2.75, 3.05) is 13.2 Å². The van der Waals surface area contributed by atoms with Crippen molar-refractivity contribution in [3.63, 3.8) is 0 Å². The summed E-state index contributed by atoms with van der Waals surface area (Å²) >= 11 is 0. The lowest BCUT2D eigenvalue weighted by atomic mass is 10.1. The third-order valence-corrected chi connectivity index (χ3v) is 2.46. The maximum Gasteiger partial charge on any atom is 0.135 e. The van der Waals surface area contributed by atoms with Crippen molar-refractivity contribution < 1.29 is 9.47 Å². The molecular formula is C9H17NO2. The first-order chi connectivity index (χ1) is 5.67. The lowest BCUT2D eigenvalue weighted by molar-refractivity contribution is -0.0259. The molecular weight excluding hydrogens is 154 g/mol. The first-order valence-electron chi connectivity index (χ1n) is 4.68. The van der Waals surface area contributed by atoms with E-state index in [0.717, 1.165) is 19.6 Å². The van der Waals surface area contributed by atoms with Crippen molar-refractivity contribution in [1.82, 2.24) is 5.32 Å². The van der Waals surface area contributed by atoms with Crippen LogP contribution >= 0.6 is 0 Å². The van der Waals surface area contributed by atoms with E-state index in [0.29, 0.717) is 0 Å². The lowest BCUT2D eigenvalue weighted by Crippen LogP contribution is -2.44. The molecule has 70 valence electrons. The highest BCUT2D eigenvalue weighted by atomic mass is 16.6. The molecule has 3 nitrogen and oxygen atoms in total. The molecule has 0 aliphatic carbocycles. The summed E-state index contributed by atoms with van der Waals surface area (Å²) in [6, 6.07) is 0. The fourth-order valence-corrected chi connectivity index (χ4v) is 1.81. The molecule has 0 aromatic rings. The van der Waals surface area contributed by atoms with Gasteiger partial charge < -0.3 is 9.47 Å². The molecule has 0 radical (unpaired) electrons. The Morgan fingerprint density at radius 3 is 2.67 bits per heavy atom. The Morgan fingerprint density at radius 2 is 2.17 bits per heavy atom. The molecule has 0 saturated carbocycles. The van der Waals surface area contributed by atoms with Crippen LogP contribution in [0.15, 0.2) is 0 Å². The Labute approximate surface area is 73.4 Å². The van der Waals surface area contributed by atoms with Crippen molar-refractivity contribution in [3.8, 4) is 0 Å². The van der Waals surface area contributed by atoms with E-state index in [4.69, 9.17) is 9.47 Å². The zero-order chi connectivity index (χ0) is 8.60. The summed E-state index contributed by atoms with van der Waals surface area (Å²) < 4.78 is 11.2. The summed E-state index contributed by atoms with van der Waals surface area (Å²) in [5, 5.41) is 3.42. The normalized spacial score (nSPS) is 40.5. The average molecular weight is 171 g/mol. The van der Waals surface area contributed by atoms with Gasteiger partial charge >= 0.3 is 0 Å². The second-order valence-electron chi connectivity index (χ2n) is 4.31. The summed E-state index contributed by atoms with van der Waals surface area (Å²) in [6.07, 6.45) is 2.72. The van der Waals surface area contributed by atoms with Gasteiger partial charge in [0.25, 0.3) is 0 Å². The fraction of sp³-hybridized carbons (Fsp3) is 1.00. The van der Waals surface area contributed by atoms with Gasteiger partial charge in [0.2, 0.25) is 0 Å². The molecule has 2 aliphatic rings. The van der Waals surface area contributed by atoms with Gasteiger partial charge in [-0.05, 0) is 26.7 Å². The van der Waals surface area contributed by atoms with Gasteiger partial charge in [0.1, 0.15) is 6.23 Å². The minimum Gasteiger partial charge on any atom is -0.374 e. The molecule has 2 rings (SSSR count). The van der Waals surface area contributed by atoms with Crippen LogP contribution in [0, 0.1) is 0 Å². The van der Waals surface area contributed by atoms with Crippen LogP contribution in [0.4, 0.5) is 0 Å². The highest BCUT2D eigenvalue weighted by molar-refractivity contribution is 4.89. The molecule has 0 spiro atoms. The van der Waals surface area contributed by atoms with E-state index in [9.17, 15) is 0 Å². The number of rotatable bonds is 1. The zero-order valence-electron chi connectivity index (χ0n) is 7.80. The Kier molecular flexibility index (Phi) is 2.10. The standard InChI is InChI=1S/C9H17NO2/c1-9(2)6-12-8(10-9)7-4-3-5-11-7/h7-8,10H,3-6H2,1-2H3. The summed E-state index contributed by atoms with van der Waals surface area (Å²) in [4.78, 5) is 0. The summed E-state index contributed by atoms with van der Waals surface area (Å²) in [5.41, 5.74) is 0.122. The SMILES string of the molecule is CC1(C)COC(C2CCCO2)N1. The van der Waals surface area contributed by atoms with Crippen LogP contribution in [0.3, 0.4) is 0 Å². The Morgan fingerprint density at radius 1 is 1.33 bits per heavy atom. The molecule has 2 atom stereocenters. The van der Waals surface area contributed by atoms with Crippen molar-refractivity contribution in [1.29, 1.82) is 0 Å². The molecule has 2 heterocycles. The third-order valence-electron chi connectivity index (χ3n) is 2.46. The summed E-state index contributed by atoms with van der Waals surface area (Å²) in [7, 11) is 0. The predicted molar refractivity (Wildman–Crippen MR) is 45.9 cm³/mol. The van der Waals surface area contributed by atoms with Gasteiger partial charge in [0, 0.05) is 12.1 Å². The maximum atomic E-state index is 5.62. The predicted octanol–water partition coefficient (Wildman–Crippen LogP) is 0.890. The average Bonchev–Trinajstić information content (AvgIpc) is 2.55. The minimum absolute atomic E-state index is 0.122. The Balaban J connectivity index is 1.90. The van der Waals surface area contributed by atoms with Gasteiger partial charge in [-0.3, -0.25) is 5.32 Å². The van der Waals surface area contributed by atoms with Crippen LogP contribution in [-0.4, -0.2) is 31.1 Å². The molecule has 0 aromatic heterocycles. The van der Waals surface area contributed by atoms with Crippen molar-refractivity contribution >= 4 is 0 Å². The molecule has 2 fully saturated rings. The van der Waals surface area contributed by atoms with Crippen LogP contribution in [0.5, 0.6) is 0 Å². The smallest absolute Gasteiger partial charge is 0.135 e. The quantitative estimate of drug-likeness (QED) is 0.635. The van der Waals surface area contributed by atoms with Gasteiger partial charge in [0.15, 0.2) is 0 Å². The van der Waals surface area contributed by atoms with Gasteiger partial charge in [0.05, 0.1) is 12.7 Å². The van der Waals surface area contributed by atoms with E-state index in [1.807, 2.05) is 0 Å². The molecule has 2 saturated heterocycles. The van der Waals surface area contributed by atoms with E-state index in [2.05, 4.69) is 19.2 Å². The third kappa shape index (κ3) is 1.63.